The lowest BCUT2D eigenvalue weighted by atomic mass is 9.89. The average Bonchev–Trinajstić information content (AvgIpc) is 2.28. The molecule has 1 aromatic heterocycles. The van der Waals surface area contributed by atoms with Crippen LogP contribution < -0.4 is 0 Å². The van der Waals surface area contributed by atoms with Gasteiger partial charge in [-0.1, -0.05) is 34.6 Å². The normalized spacial score (nSPS) is 11.8. The number of rotatable bonds is 4. The third-order valence-corrected chi connectivity index (χ3v) is 2.85. The Balaban J connectivity index is 3.18. The van der Waals surface area contributed by atoms with E-state index in [1.54, 1.807) is 0 Å². The zero-order valence-electron chi connectivity index (χ0n) is 10.5. The van der Waals surface area contributed by atoms with Gasteiger partial charge in [-0.15, -0.1) is 0 Å². The number of hydrogen-bond acceptors (Lipinski definition) is 3. The van der Waals surface area contributed by atoms with Gasteiger partial charge in [-0.2, -0.15) is 0 Å². The molecule has 3 nitrogen and oxygen atoms in total. The fourth-order valence-corrected chi connectivity index (χ4v) is 1.25. The lowest BCUT2D eigenvalue weighted by Crippen LogP contribution is -2.22. The van der Waals surface area contributed by atoms with Crippen molar-refractivity contribution in [2.75, 3.05) is 0 Å². The van der Waals surface area contributed by atoms with Gasteiger partial charge in [-0.3, -0.25) is 0 Å². The molecule has 1 aromatic rings. The van der Waals surface area contributed by atoms with Crippen LogP contribution in [0.1, 0.15) is 58.5 Å². The molecule has 0 saturated heterocycles. The van der Waals surface area contributed by atoms with Crippen molar-refractivity contribution in [1.82, 2.24) is 15.0 Å². The first-order valence-electron chi connectivity index (χ1n) is 5.77. The zero-order chi connectivity index (χ0) is 11.5. The fourth-order valence-electron chi connectivity index (χ4n) is 1.25. The summed E-state index contributed by atoms with van der Waals surface area (Å²) < 4.78 is 0. The Bertz CT molecular complexity index is 309. The molecule has 1 heterocycles. The predicted molar refractivity (Wildman–Crippen MR) is 61.9 cm³/mol. The van der Waals surface area contributed by atoms with E-state index in [4.69, 9.17) is 0 Å². The van der Waals surface area contributed by atoms with Crippen LogP contribution in [0.15, 0.2) is 0 Å². The van der Waals surface area contributed by atoms with Crippen molar-refractivity contribution in [2.24, 2.45) is 0 Å². The lowest BCUT2D eigenvalue weighted by molar-refractivity contribution is 0.463. The average molecular weight is 207 g/mol. The molecule has 0 aromatic carbocycles. The number of nitrogens with zero attached hydrogens (tertiary/aromatic N) is 3. The van der Waals surface area contributed by atoms with Crippen LogP contribution >= 0.6 is 0 Å². The molecule has 0 radical (unpaired) electrons. The molecule has 1 rings (SSSR count). The van der Waals surface area contributed by atoms with Gasteiger partial charge in [0, 0.05) is 18.3 Å². The minimum absolute atomic E-state index is 0.0524. The molecule has 0 saturated carbocycles. The van der Waals surface area contributed by atoms with Crippen LogP contribution in [0.2, 0.25) is 0 Å². The first kappa shape index (κ1) is 12.1. The van der Waals surface area contributed by atoms with Crippen LogP contribution in [-0.4, -0.2) is 15.0 Å². The first-order valence-corrected chi connectivity index (χ1v) is 5.77. The van der Waals surface area contributed by atoms with Gasteiger partial charge in [0.25, 0.3) is 0 Å². The summed E-state index contributed by atoms with van der Waals surface area (Å²) in [6.45, 7) is 10.7. The van der Waals surface area contributed by atoms with E-state index in [-0.39, 0.29) is 5.41 Å². The summed E-state index contributed by atoms with van der Waals surface area (Å²) >= 11 is 0. The minimum atomic E-state index is 0.0524. The Morgan fingerprint density at radius 3 is 1.67 bits per heavy atom. The van der Waals surface area contributed by atoms with Crippen molar-refractivity contribution in [1.29, 1.82) is 0 Å². The molecule has 0 aliphatic rings. The maximum Gasteiger partial charge on any atom is 0.138 e. The summed E-state index contributed by atoms with van der Waals surface area (Å²) in [5.41, 5.74) is 0.0524. The highest BCUT2D eigenvalue weighted by atomic mass is 15.0. The van der Waals surface area contributed by atoms with Crippen molar-refractivity contribution < 1.29 is 0 Å². The van der Waals surface area contributed by atoms with Crippen LogP contribution in [0.3, 0.4) is 0 Å². The SMILES string of the molecule is CCc1nc(CC)nc(C(C)(C)CC)n1. The van der Waals surface area contributed by atoms with Gasteiger partial charge < -0.3 is 0 Å². The quantitative estimate of drug-likeness (QED) is 0.762. The Morgan fingerprint density at radius 2 is 1.33 bits per heavy atom. The van der Waals surface area contributed by atoms with Gasteiger partial charge in [-0.25, -0.2) is 15.0 Å². The summed E-state index contributed by atoms with van der Waals surface area (Å²) in [4.78, 5) is 13.4. The van der Waals surface area contributed by atoms with Crippen molar-refractivity contribution in [2.45, 2.75) is 59.3 Å². The van der Waals surface area contributed by atoms with E-state index >= 15 is 0 Å². The summed E-state index contributed by atoms with van der Waals surface area (Å²) in [6, 6.07) is 0. The molecular formula is C12H21N3. The summed E-state index contributed by atoms with van der Waals surface area (Å²) in [5, 5.41) is 0. The van der Waals surface area contributed by atoms with Crippen molar-refractivity contribution in [3.05, 3.63) is 17.5 Å². The molecule has 0 unspecified atom stereocenters. The zero-order valence-corrected chi connectivity index (χ0v) is 10.5. The fraction of sp³-hybridized carbons (Fsp3) is 0.750. The molecule has 84 valence electrons. The number of aromatic nitrogens is 3. The highest BCUT2D eigenvalue weighted by Crippen LogP contribution is 2.23. The van der Waals surface area contributed by atoms with Gasteiger partial charge in [-0.05, 0) is 6.42 Å². The van der Waals surface area contributed by atoms with Gasteiger partial charge in [0.1, 0.15) is 17.5 Å². The van der Waals surface area contributed by atoms with E-state index in [9.17, 15) is 0 Å². The molecule has 0 aliphatic heterocycles. The predicted octanol–water partition coefficient (Wildman–Crippen LogP) is 2.68. The van der Waals surface area contributed by atoms with Crippen molar-refractivity contribution in [3.63, 3.8) is 0 Å². The lowest BCUT2D eigenvalue weighted by Gasteiger charge is -2.21. The van der Waals surface area contributed by atoms with E-state index in [0.29, 0.717) is 0 Å². The topological polar surface area (TPSA) is 38.7 Å². The second-order valence-corrected chi connectivity index (χ2v) is 4.44. The van der Waals surface area contributed by atoms with E-state index in [2.05, 4.69) is 49.6 Å². The molecule has 15 heavy (non-hydrogen) atoms. The number of hydrogen-bond donors (Lipinski definition) is 0. The summed E-state index contributed by atoms with van der Waals surface area (Å²) in [6.07, 6.45) is 2.80. The van der Waals surface area contributed by atoms with Gasteiger partial charge >= 0.3 is 0 Å². The second-order valence-electron chi connectivity index (χ2n) is 4.44. The molecule has 0 N–H and O–H groups in total. The smallest absolute Gasteiger partial charge is 0.138 e. The minimum Gasteiger partial charge on any atom is -0.218 e. The van der Waals surface area contributed by atoms with Crippen molar-refractivity contribution >= 4 is 0 Å². The Kier molecular flexibility index (Phi) is 3.77. The van der Waals surface area contributed by atoms with Crippen LogP contribution in [0, 0.1) is 0 Å². The molecule has 0 atom stereocenters. The maximum absolute atomic E-state index is 4.52. The first-order chi connectivity index (χ1) is 7.03. The monoisotopic (exact) mass is 207 g/mol. The highest BCUT2D eigenvalue weighted by Gasteiger charge is 2.22. The molecule has 0 amide bonds. The largest absolute Gasteiger partial charge is 0.218 e. The third kappa shape index (κ3) is 2.74. The summed E-state index contributed by atoms with van der Waals surface area (Å²) in [7, 11) is 0. The molecule has 0 fully saturated rings. The Labute approximate surface area is 92.4 Å². The molecule has 0 spiro atoms. The summed E-state index contributed by atoms with van der Waals surface area (Å²) in [5.74, 6) is 2.77. The maximum atomic E-state index is 4.52. The van der Waals surface area contributed by atoms with E-state index < -0.39 is 0 Å². The second kappa shape index (κ2) is 4.69. The van der Waals surface area contributed by atoms with Gasteiger partial charge in [0.15, 0.2) is 0 Å². The molecule has 0 bridgehead atoms. The standard InChI is InChI=1S/C12H21N3/c1-6-9-13-10(7-2)15-11(14-9)12(4,5)8-3/h6-8H2,1-5H3. The Hall–Kier alpha value is -0.990. The third-order valence-electron chi connectivity index (χ3n) is 2.85. The highest BCUT2D eigenvalue weighted by molar-refractivity contribution is 5.07. The van der Waals surface area contributed by atoms with Crippen LogP contribution in [-0.2, 0) is 18.3 Å². The molecular weight excluding hydrogens is 186 g/mol. The van der Waals surface area contributed by atoms with Crippen LogP contribution in [0.4, 0.5) is 0 Å². The van der Waals surface area contributed by atoms with Gasteiger partial charge in [0.05, 0.1) is 0 Å². The van der Waals surface area contributed by atoms with E-state index in [1.807, 2.05) is 0 Å². The van der Waals surface area contributed by atoms with Crippen LogP contribution in [0.5, 0.6) is 0 Å². The van der Waals surface area contributed by atoms with Crippen molar-refractivity contribution in [3.8, 4) is 0 Å². The molecule has 0 aliphatic carbocycles. The Morgan fingerprint density at radius 1 is 0.867 bits per heavy atom. The van der Waals surface area contributed by atoms with E-state index in [0.717, 1.165) is 36.7 Å². The number of aryl methyl sites for hydroxylation is 2. The van der Waals surface area contributed by atoms with Gasteiger partial charge in [0.2, 0.25) is 0 Å². The van der Waals surface area contributed by atoms with E-state index in [1.165, 1.54) is 0 Å². The molecule has 3 heteroatoms. The van der Waals surface area contributed by atoms with Crippen LogP contribution in [0.25, 0.3) is 0 Å².